The molecule has 2 N–H and O–H groups in total. The summed E-state index contributed by atoms with van der Waals surface area (Å²) in [5, 5.41) is 0. The van der Waals surface area contributed by atoms with E-state index in [0.29, 0.717) is 11.5 Å². The van der Waals surface area contributed by atoms with Crippen LogP contribution in [-0.4, -0.2) is 14.2 Å². The molecule has 0 unspecified atom stereocenters. The molecule has 0 radical (unpaired) electrons. The van der Waals surface area contributed by atoms with Crippen LogP contribution in [0.4, 0.5) is 14.5 Å². The molecule has 0 aliphatic carbocycles. The second-order valence-electron chi connectivity index (χ2n) is 3.92. The molecule has 0 saturated carbocycles. The summed E-state index contributed by atoms with van der Waals surface area (Å²) in [6.07, 6.45) is 0. The normalized spacial score (nSPS) is 10.2. The Morgan fingerprint density at radius 1 is 0.850 bits per heavy atom. The van der Waals surface area contributed by atoms with Crippen molar-refractivity contribution in [2.75, 3.05) is 20.0 Å². The number of hydrogen-bond acceptors (Lipinski definition) is 4. The first-order chi connectivity index (χ1) is 9.55. The summed E-state index contributed by atoms with van der Waals surface area (Å²) in [4.78, 5) is 0. The van der Waals surface area contributed by atoms with Crippen LogP contribution < -0.4 is 19.9 Å². The van der Waals surface area contributed by atoms with Crippen LogP contribution in [0.5, 0.6) is 23.0 Å². The summed E-state index contributed by atoms with van der Waals surface area (Å²) in [5.41, 5.74) is 5.99. The van der Waals surface area contributed by atoms with Gasteiger partial charge in [-0.25, -0.2) is 8.78 Å². The van der Waals surface area contributed by atoms with Crippen molar-refractivity contribution in [3.63, 3.8) is 0 Å². The molecule has 20 heavy (non-hydrogen) atoms. The molecule has 6 heteroatoms. The lowest BCUT2D eigenvalue weighted by molar-refractivity contribution is 0.351. The second kappa shape index (κ2) is 5.64. The number of methoxy groups -OCH3 is 2. The third-order valence-electron chi connectivity index (χ3n) is 2.63. The fraction of sp³-hybridized carbons (Fsp3) is 0.143. The Hall–Kier alpha value is -2.50. The van der Waals surface area contributed by atoms with Crippen molar-refractivity contribution in [2.45, 2.75) is 0 Å². The summed E-state index contributed by atoms with van der Waals surface area (Å²) in [6.45, 7) is 0. The first-order valence-electron chi connectivity index (χ1n) is 5.69. The summed E-state index contributed by atoms with van der Waals surface area (Å²) >= 11 is 0. The largest absolute Gasteiger partial charge is 0.493 e. The summed E-state index contributed by atoms with van der Waals surface area (Å²) in [7, 11) is 2.91. The van der Waals surface area contributed by atoms with Crippen LogP contribution in [0.15, 0.2) is 30.3 Å². The van der Waals surface area contributed by atoms with Crippen LogP contribution in [-0.2, 0) is 0 Å². The number of nitrogens with two attached hydrogens (primary N) is 1. The molecular formula is C14H13F2NO3. The lowest BCUT2D eigenvalue weighted by atomic mass is 10.2. The molecule has 0 amide bonds. The van der Waals surface area contributed by atoms with Crippen LogP contribution >= 0.6 is 0 Å². The molecule has 2 rings (SSSR count). The molecule has 0 heterocycles. The van der Waals surface area contributed by atoms with E-state index in [1.807, 2.05) is 0 Å². The first-order valence-corrected chi connectivity index (χ1v) is 5.69. The van der Waals surface area contributed by atoms with Gasteiger partial charge in [-0.15, -0.1) is 0 Å². The van der Waals surface area contributed by atoms with Crippen LogP contribution in [0, 0.1) is 11.6 Å². The fourth-order valence-corrected chi connectivity index (χ4v) is 1.64. The highest BCUT2D eigenvalue weighted by Crippen LogP contribution is 2.38. The molecule has 4 nitrogen and oxygen atoms in total. The molecular weight excluding hydrogens is 268 g/mol. The van der Waals surface area contributed by atoms with Crippen LogP contribution in [0.25, 0.3) is 0 Å². The molecule has 0 atom stereocenters. The number of halogens is 2. The highest BCUT2D eigenvalue weighted by molar-refractivity contribution is 5.62. The zero-order chi connectivity index (χ0) is 14.7. The third kappa shape index (κ3) is 2.74. The molecule has 2 aromatic rings. The van der Waals surface area contributed by atoms with E-state index in [1.54, 1.807) is 0 Å². The van der Waals surface area contributed by atoms with E-state index in [-0.39, 0.29) is 17.2 Å². The van der Waals surface area contributed by atoms with E-state index >= 15 is 0 Å². The lowest BCUT2D eigenvalue weighted by Crippen LogP contribution is -1.98. The van der Waals surface area contributed by atoms with Crippen molar-refractivity contribution in [1.29, 1.82) is 0 Å². The Kier molecular flexibility index (Phi) is 3.93. The molecule has 0 aliphatic heterocycles. The molecule has 0 spiro atoms. The highest BCUT2D eigenvalue weighted by Gasteiger charge is 2.13. The Bertz CT molecular complexity index is 632. The summed E-state index contributed by atoms with van der Waals surface area (Å²) in [5.74, 6) is -0.636. The molecule has 106 valence electrons. The van der Waals surface area contributed by atoms with E-state index in [0.717, 1.165) is 18.2 Å². The Balaban J connectivity index is 2.40. The second-order valence-corrected chi connectivity index (χ2v) is 3.92. The minimum Gasteiger partial charge on any atom is -0.493 e. The van der Waals surface area contributed by atoms with Crippen molar-refractivity contribution in [3.8, 4) is 23.0 Å². The van der Waals surface area contributed by atoms with Gasteiger partial charge in [0.25, 0.3) is 0 Å². The first kappa shape index (κ1) is 13.9. The Labute approximate surface area is 114 Å². The average Bonchev–Trinajstić information content (AvgIpc) is 2.44. The standard InChI is InChI=1S/C14H13F2NO3/c1-18-13-6-10(17)12(7-14(13)19-2)20-11-5-8(15)3-4-9(11)16/h3-7H,17H2,1-2H3. The maximum absolute atomic E-state index is 13.5. The van der Waals surface area contributed by atoms with Crippen molar-refractivity contribution < 1.29 is 23.0 Å². The molecule has 0 aliphatic rings. The molecule has 0 saturated heterocycles. The topological polar surface area (TPSA) is 53.7 Å². The van der Waals surface area contributed by atoms with Gasteiger partial charge in [0.15, 0.2) is 28.8 Å². The van der Waals surface area contributed by atoms with Gasteiger partial charge in [-0.05, 0) is 12.1 Å². The van der Waals surface area contributed by atoms with Crippen molar-refractivity contribution >= 4 is 5.69 Å². The van der Waals surface area contributed by atoms with Gasteiger partial charge >= 0.3 is 0 Å². The zero-order valence-corrected chi connectivity index (χ0v) is 10.9. The minimum atomic E-state index is -0.694. The van der Waals surface area contributed by atoms with Crippen molar-refractivity contribution in [3.05, 3.63) is 42.0 Å². The van der Waals surface area contributed by atoms with E-state index in [9.17, 15) is 8.78 Å². The Morgan fingerprint density at radius 2 is 1.50 bits per heavy atom. The summed E-state index contributed by atoms with van der Waals surface area (Å²) in [6, 6.07) is 5.83. The molecule has 2 aromatic carbocycles. The quantitative estimate of drug-likeness (QED) is 0.873. The number of benzene rings is 2. The predicted octanol–water partition coefficient (Wildman–Crippen LogP) is 3.36. The fourth-order valence-electron chi connectivity index (χ4n) is 1.64. The van der Waals surface area contributed by atoms with Crippen LogP contribution in [0.3, 0.4) is 0 Å². The monoisotopic (exact) mass is 281 g/mol. The Morgan fingerprint density at radius 3 is 2.15 bits per heavy atom. The molecule has 0 aromatic heterocycles. The number of nitrogen functional groups attached to an aromatic ring is 1. The van der Waals surface area contributed by atoms with E-state index in [2.05, 4.69) is 0 Å². The van der Waals surface area contributed by atoms with E-state index in [1.165, 1.54) is 26.4 Å². The van der Waals surface area contributed by atoms with Crippen LogP contribution in [0.1, 0.15) is 0 Å². The maximum atomic E-state index is 13.5. The highest BCUT2D eigenvalue weighted by atomic mass is 19.1. The number of ether oxygens (including phenoxy) is 3. The van der Waals surface area contributed by atoms with Crippen molar-refractivity contribution in [1.82, 2.24) is 0 Å². The number of anilines is 1. The van der Waals surface area contributed by atoms with Gasteiger partial charge in [0.05, 0.1) is 19.9 Å². The van der Waals surface area contributed by atoms with Gasteiger partial charge in [-0.2, -0.15) is 0 Å². The van der Waals surface area contributed by atoms with Gasteiger partial charge in [-0.1, -0.05) is 0 Å². The van der Waals surface area contributed by atoms with E-state index < -0.39 is 11.6 Å². The number of hydrogen-bond donors (Lipinski definition) is 1. The number of rotatable bonds is 4. The van der Waals surface area contributed by atoms with Gasteiger partial charge in [0.1, 0.15) is 5.82 Å². The predicted molar refractivity (Wildman–Crippen MR) is 70.4 cm³/mol. The molecule has 0 bridgehead atoms. The van der Waals surface area contributed by atoms with Gasteiger partial charge in [0, 0.05) is 18.2 Å². The van der Waals surface area contributed by atoms with E-state index in [4.69, 9.17) is 19.9 Å². The van der Waals surface area contributed by atoms with Gasteiger partial charge in [0.2, 0.25) is 0 Å². The zero-order valence-electron chi connectivity index (χ0n) is 10.9. The minimum absolute atomic E-state index is 0.146. The molecule has 0 fully saturated rings. The third-order valence-corrected chi connectivity index (χ3v) is 2.63. The van der Waals surface area contributed by atoms with Gasteiger partial charge in [-0.3, -0.25) is 0 Å². The maximum Gasteiger partial charge on any atom is 0.166 e. The van der Waals surface area contributed by atoms with Crippen LogP contribution in [0.2, 0.25) is 0 Å². The smallest absolute Gasteiger partial charge is 0.166 e. The van der Waals surface area contributed by atoms with Crippen molar-refractivity contribution in [2.24, 2.45) is 0 Å². The summed E-state index contributed by atoms with van der Waals surface area (Å²) < 4.78 is 42.1. The lowest BCUT2D eigenvalue weighted by Gasteiger charge is -2.13. The average molecular weight is 281 g/mol. The SMILES string of the molecule is COc1cc(N)c(Oc2cc(F)ccc2F)cc1OC. The van der Waals surface area contributed by atoms with Gasteiger partial charge < -0.3 is 19.9 Å².